The van der Waals surface area contributed by atoms with Crippen molar-refractivity contribution in [1.82, 2.24) is 4.90 Å². The zero-order chi connectivity index (χ0) is 20.3. The molecule has 144 valence electrons. The average molecular weight is 419 g/mol. The zero-order valence-electron chi connectivity index (χ0n) is 14.9. The highest BCUT2D eigenvalue weighted by molar-refractivity contribution is 6.48. The molecule has 28 heavy (non-hydrogen) atoms. The normalized spacial score (nSPS) is 13.9. The first-order chi connectivity index (χ1) is 13.4. The third kappa shape index (κ3) is 4.18. The summed E-state index contributed by atoms with van der Waals surface area (Å²) >= 11 is 11.9. The quantitative estimate of drug-likeness (QED) is 0.567. The third-order valence-electron chi connectivity index (χ3n) is 4.03. The lowest BCUT2D eigenvalue weighted by Gasteiger charge is -2.15. The number of benzene rings is 2. The van der Waals surface area contributed by atoms with Crippen molar-refractivity contribution in [3.63, 3.8) is 0 Å². The van der Waals surface area contributed by atoms with Crippen molar-refractivity contribution < 1.29 is 19.1 Å². The molecular formula is C20H16Cl2N2O4. The fourth-order valence-electron chi connectivity index (χ4n) is 2.62. The lowest BCUT2D eigenvalue weighted by molar-refractivity contribution is -0.138. The molecule has 0 spiro atoms. The van der Waals surface area contributed by atoms with E-state index in [2.05, 4.69) is 5.32 Å². The monoisotopic (exact) mass is 418 g/mol. The van der Waals surface area contributed by atoms with Crippen molar-refractivity contribution in [3.8, 4) is 0 Å². The van der Waals surface area contributed by atoms with Gasteiger partial charge in [0.1, 0.15) is 10.7 Å². The average Bonchev–Trinajstić information content (AvgIpc) is 2.88. The van der Waals surface area contributed by atoms with Gasteiger partial charge >= 0.3 is 5.97 Å². The molecule has 8 heteroatoms. The van der Waals surface area contributed by atoms with Gasteiger partial charge in [0.15, 0.2) is 0 Å². The molecule has 2 aromatic carbocycles. The number of carbonyl (C=O) groups is 3. The predicted octanol–water partition coefficient (Wildman–Crippen LogP) is 3.95. The fourth-order valence-corrected chi connectivity index (χ4v) is 2.98. The number of anilines is 1. The van der Waals surface area contributed by atoms with E-state index >= 15 is 0 Å². The second-order valence-electron chi connectivity index (χ2n) is 5.93. The molecular weight excluding hydrogens is 403 g/mol. The summed E-state index contributed by atoms with van der Waals surface area (Å²) in [5, 5.41) is 3.23. The summed E-state index contributed by atoms with van der Waals surface area (Å²) in [6.45, 7) is 2.08. The summed E-state index contributed by atoms with van der Waals surface area (Å²) in [4.78, 5) is 37.8. The van der Waals surface area contributed by atoms with E-state index in [4.69, 9.17) is 27.9 Å². The van der Waals surface area contributed by atoms with Crippen molar-refractivity contribution in [2.45, 2.75) is 13.5 Å². The predicted molar refractivity (Wildman–Crippen MR) is 106 cm³/mol. The van der Waals surface area contributed by atoms with Crippen LogP contribution in [0.4, 0.5) is 5.69 Å². The summed E-state index contributed by atoms with van der Waals surface area (Å²) in [7, 11) is 0. The van der Waals surface area contributed by atoms with Crippen LogP contribution < -0.4 is 5.32 Å². The molecule has 0 bridgehead atoms. The number of ether oxygens (including phenoxy) is 1. The Hall–Kier alpha value is -2.83. The van der Waals surface area contributed by atoms with Crippen LogP contribution >= 0.6 is 23.2 Å². The molecule has 0 aromatic heterocycles. The van der Waals surface area contributed by atoms with Gasteiger partial charge in [0, 0.05) is 10.7 Å². The van der Waals surface area contributed by atoms with Crippen molar-refractivity contribution in [2.24, 2.45) is 0 Å². The van der Waals surface area contributed by atoms with Crippen LogP contribution in [-0.4, -0.2) is 29.3 Å². The summed E-state index contributed by atoms with van der Waals surface area (Å²) < 4.78 is 4.92. The largest absolute Gasteiger partial charge is 0.462 e. The Balaban J connectivity index is 1.73. The molecule has 0 saturated carbocycles. The molecule has 0 radical (unpaired) electrons. The molecule has 0 saturated heterocycles. The van der Waals surface area contributed by atoms with Gasteiger partial charge in [0.2, 0.25) is 0 Å². The SMILES string of the molecule is CCOC(=O)c1ccc(NC2=C(Cl)C(=O)N(Cc3ccc(Cl)cc3)C2=O)cc1. The van der Waals surface area contributed by atoms with E-state index in [0.29, 0.717) is 16.3 Å². The number of hydrogen-bond donors (Lipinski definition) is 1. The molecule has 1 aliphatic rings. The minimum absolute atomic E-state index is 0.00971. The van der Waals surface area contributed by atoms with Gasteiger partial charge in [0.25, 0.3) is 11.8 Å². The Labute approximate surface area is 171 Å². The van der Waals surface area contributed by atoms with E-state index in [1.807, 2.05) is 0 Å². The molecule has 1 heterocycles. The first-order valence-corrected chi connectivity index (χ1v) is 9.21. The Bertz CT molecular complexity index is 953. The van der Waals surface area contributed by atoms with Gasteiger partial charge in [-0.3, -0.25) is 14.5 Å². The standard InChI is InChI=1S/C20H16Cl2N2O4/c1-2-28-20(27)13-5-9-15(10-6-13)23-17-16(22)18(25)24(19(17)26)11-12-3-7-14(21)8-4-12/h3-10,23H,2,11H2,1H3. The number of nitrogens with zero attached hydrogens (tertiary/aromatic N) is 1. The minimum atomic E-state index is -0.577. The Morgan fingerprint density at radius 2 is 1.64 bits per heavy atom. The van der Waals surface area contributed by atoms with Crippen molar-refractivity contribution >= 4 is 46.7 Å². The summed E-state index contributed by atoms with van der Waals surface area (Å²) in [6.07, 6.45) is 0. The summed E-state index contributed by atoms with van der Waals surface area (Å²) in [5.41, 5.74) is 1.63. The summed E-state index contributed by atoms with van der Waals surface area (Å²) in [6, 6.07) is 13.1. The summed E-state index contributed by atoms with van der Waals surface area (Å²) in [5.74, 6) is -1.54. The molecule has 2 aromatic rings. The Morgan fingerprint density at radius 1 is 1.00 bits per heavy atom. The van der Waals surface area contributed by atoms with Crippen LogP contribution in [0.5, 0.6) is 0 Å². The molecule has 0 unspecified atom stereocenters. The van der Waals surface area contributed by atoms with Gasteiger partial charge < -0.3 is 10.1 Å². The Kier molecular flexibility index (Phi) is 6.02. The van der Waals surface area contributed by atoms with Crippen LogP contribution in [-0.2, 0) is 20.9 Å². The van der Waals surface area contributed by atoms with E-state index in [1.165, 1.54) is 0 Å². The first-order valence-electron chi connectivity index (χ1n) is 8.45. The smallest absolute Gasteiger partial charge is 0.338 e. The number of amides is 2. The van der Waals surface area contributed by atoms with Gasteiger partial charge in [0.05, 0.1) is 18.7 Å². The lowest BCUT2D eigenvalue weighted by atomic mass is 10.2. The maximum Gasteiger partial charge on any atom is 0.338 e. The minimum Gasteiger partial charge on any atom is -0.462 e. The van der Waals surface area contributed by atoms with Gasteiger partial charge in [-0.1, -0.05) is 35.3 Å². The number of nitrogens with one attached hydrogen (secondary N) is 1. The highest BCUT2D eigenvalue weighted by Gasteiger charge is 2.37. The van der Waals surface area contributed by atoms with Crippen LogP contribution in [0.2, 0.25) is 5.02 Å². The molecule has 3 rings (SSSR count). The van der Waals surface area contributed by atoms with E-state index in [1.54, 1.807) is 55.5 Å². The number of carbonyl (C=O) groups excluding carboxylic acids is 3. The third-order valence-corrected chi connectivity index (χ3v) is 4.63. The molecule has 6 nitrogen and oxygen atoms in total. The molecule has 2 amide bonds. The topological polar surface area (TPSA) is 75.7 Å². The highest BCUT2D eigenvalue weighted by atomic mass is 35.5. The van der Waals surface area contributed by atoms with Crippen molar-refractivity contribution in [3.05, 3.63) is 75.4 Å². The highest BCUT2D eigenvalue weighted by Crippen LogP contribution is 2.27. The maximum atomic E-state index is 12.7. The van der Waals surface area contributed by atoms with Crippen LogP contribution in [0.25, 0.3) is 0 Å². The van der Waals surface area contributed by atoms with E-state index in [0.717, 1.165) is 10.5 Å². The van der Waals surface area contributed by atoms with Gasteiger partial charge in [-0.05, 0) is 48.9 Å². The number of esters is 1. The van der Waals surface area contributed by atoms with Crippen LogP contribution in [0.1, 0.15) is 22.8 Å². The van der Waals surface area contributed by atoms with E-state index in [9.17, 15) is 14.4 Å². The molecule has 1 N–H and O–H groups in total. The Morgan fingerprint density at radius 3 is 2.25 bits per heavy atom. The first kappa shape index (κ1) is 19.9. The van der Waals surface area contributed by atoms with Crippen LogP contribution in [0.15, 0.2) is 59.3 Å². The van der Waals surface area contributed by atoms with E-state index in [-0.39, 0.29) is 23.9 Å². The molecule has 0 aliphatic carbocycles. The van der Waals surface area contributed by atoms with Crippen molar-refractivity contribution in [2.75, 3.05) is 11.9 Å². The lowest BCUT2D eigenvalue weighted by Crippen LogP contribution is -2.31. The zero-order valence-corrected chi connectivity index (χ0v) is 16.4. The second kappa shape index (κ2) is 8.46. The number of rotatable bonds is 6. The van der Waals surface area contributed by atoms with E-state index < -0.39 is 17.8 Å². The number of hydrogen-bond acceptors (Lipinski definition) is 5. The van der Waals surface area contributed by atoms with Crippen molar-refractivity contribution in [1.29, 1.82) is 0 Å². The van der Waals surface area contributed by atoms with Gasteiger partial charge in [-0.15, -0.1) is 0 Å². The second-order valence-corrected chi connectivity index (χ2v) is 6.75. The van der Waals surface area contributed by atoms with Gasteiger partial charge in [-0.2, -0.15) is 0 Å². The fraction of sp³-hybridized carbons (Fsp3) is 0.150. The van der Waals surface area contributed by atoms with Crippen LogP contribution in [0, 0.1) is 0 Å². The maximum absolute atomic E-state index is 12.7. The molecule has 0 fully saturated rings. The molecule has 1 aliphatic heterocycles. The molecule has 0 atom stereocenters. The van der Waals surface area contributed by atoms with Crippen LogP contribution in [0.3, 0.4) is 0 Å². The number of halogens is 2. The van der Waals surface area contributed by atoms with Gasteiger partial charge in [-0.25, -0.2) is 4.79 Å². The number of imide groups is 1.